The summed E-state index contributed by atoms with van der Waals surface area (Å²) in [4.78, 5) is 2.33. The first-order chi connectivity index (χ1) is 6.74. The maximum Gasteiger partial charge on any atom is 0.140 e. The summed E-state index contributed by atoms with van der Waals surface area (Å²) in [7, 11) is 2.13. The van der Waals surface area contributed by atoms with Gasteiger partial charge in [0.1, 0.15) is 5.84 Å². The monoisotopic (exact) mass is 199 g/mol. The van der Waals surface area contributed by atoms with Gasteiger partial charge in [-0.05, 0) is 19.9 Å². The van der Waals surface area contributed by atoms with E-state index in [2.05, 4.69) is 17.1 Å². The number of nitrogens with zero attached hydrogens (tertiary/aromatic N) is 2. The lowest BCUT2D eigenvalue weighted by atomic mass is 9.94. The summed E-state index contributed by atoms with van der Waals surface area (Å²) in [6.07, 6.45) is 7.32. The summed E-state index contributed by atoms with van der Waals surface area (Å²) in [5.74, 6) is 0.327. The van der Waals surface area contributed by atoms with Crippen LogP contribution in [0.1, 0.15) is 38.5 Å². The average molecular weight is 199 g/mol. The molecule has 0 heterocycles. The summed E-state index contributed by atoms with van der Waals surface area (Å²) in [5, 5.41) is 11.4. The fourth-order valence-electron chi connectivity index (χ4n) is 2.05. The van der Waals surface area contributed by atoms with Crippen molar-refractivity contribution in [3.05, 3.63) is 0 Å². The Morgan fingerprint density at radius 3 is 2.64 bits per heavy atom. The van der Waals surface area contributed by atoms with Crippen LogP contribution in [0, 0.1) is 0 Å². The molecule has 4 heteroatoms. The zero-order valence-corrected chi connectivity index (χ0v) is 8.95. The Kier molecular flexibility index (Phi) is 4.73. The number of oxime groups is 1. The van der Waals surface area contributed by atoms with Gasteiger partial charge >= 0.3 is 0 Å². The molecule has 0 spiro atoms. The van der Waals surface area contributed by atoms with Crippen LogP contribution < -0.4 is 5.73 Å². The highest BCUT2D eigenvalue weighted by atomic mass is 16.4. The second-order valence-corrected chi connectivity index (χ2v) is 4.11. The Morgan fingerprint density at radius 1 is 1.43 bits per heavy atom. The van der Waals surface area contributed by atoms with E-state index in [1.807, 2.05) is 0 Å². The number of hydrogen-bond donors (Lipinski definition) is 2. The van der Waals surface area contributed by atoms with Crippen LogP contribution in [0.15, 0.2) is 5.16 Å². The van der Waals surface area contributed by atoms with Gasteiger partial charge in [0.15, 0.2) is 0 Å². The van der Waals surface area contributed by atoms with Gasteiger partial charge in [0.25, 0.3) is 0 Å². The maximum absolute atomic E-state index is 8.40. The Hall–Kier alpha value is -0.770. The molecule has 0 amide bonds. The van der Waals surface area contributed by atoms with Crippen molar-refractivity contribution in [3.8, 4) is 0 Å². The van der Waals surface area contributed by atoms with Crippen molar-refractivity contribution < 1.29 is 5.21 Å². The lowest BCUT2D eigenvalue weighted by Gasteiger charge is -2.30. The zero-order valence-electron chi connectivity index (χ0n) is 8.95. The van der Waals surface area contributed by atoms with E-state index in [4.69, 9.17) is 10.9 Å². The second-order valence-electron chi connectivity index (χ2n) is 4.11. The molecular formula is C10H21N3O. The minimum atomic E-state index is 0.327. The summed E-state index contributed by atoms with van der Waals surface area (Å²) in [6.45, 7) is 0.889. The van der Waals surface area contributed by atoms with Gasteiger partial charge in [-0.2, -0.15) is 0 Å². The first-order valence-corrected chi connectivity index (χ1v) is 5.40. The fraction of sp³-hybridized carbons (Fsp3) is 0.900. The molecule has 1 aliphatic carbocycles. The average Bonchev–Trinajstić information content (AvgIpc) is 2.26. The van der Waals surface area contributed by atoms with E-state index < -0.39 is 0 Å². The van der Waals surface area contributed by atoms with Gasteiger partial charge < -0.3 is 15.8 Å². The zero-order chi connectivity index (χ0) is 10.4. The Morgan fingerprint density at radius 2 is 2.07 bits per heavy atom. The first-order valence-electron chi connectivity index (χ1n) is 5.40. The summed E-state index contributed by atoms with van der Waals surface area (Å²) < 4.78 is 0. The van der Waals surface area contributed by atoms with Crippen molar-refractivity contribution in [2.24, 2.45) is 10.9 Å². The molecule has 14 heavy (non-hydrogen) atoms. The van der Waals surface area contributed by atoms with Crippen LogP contribution in [0.25, 0.3) is 0 Å². The molecule has 0 aliphatic heterocycles. The number of nitrogens with two attached hydrogens (primary N) is 1. The lowest BCUT2D eigenvalue weighted by molar-refractivity contribution is 0.195. The van der Waals surface area contributed by atoms with E-state index in [1.165, 1.54) is 32.1 Å². The molecule has 82 valence electrons. The normalized spacial score (nSPS) is 20.3. The smallest absolute Gasteiger partial charge is 0.140 e. The molecular weight excluding hydrogens is 178 g/mol. The number of rotatable bonds is 4. The Bertz CT molecular complexity index is 188. The van der Waals surface area contributed by atoms with Crippen LogP contribution in [-0.2, 0) is 0 Å². The van der Waals surface area contributed by atoms with Gasteiger partial charge in [-0.1, -0.05) is 24.4 Å². The standard InChI is InChI=1S/C10H21N3O/c1-13(8-7-10(11)12-14)9-5-3-2-4-6-9/h9,14H,2-8H2,1H3,(H2,11,12). The SMILES string of the molecule is CN(CC/C(N)=N/O)C1CCCCC1. The van der Waals surface area contributed by atoms with Crippen molar-refractivity contribution in [2.75, 3.05) is 13.6 Å². The molecule has 0 bridgehead atoms. The molecule has 4 nitrogen and oxygen atoms in total. The summed E-state index contributed by atoms with van der Waals surface area (Å²) in [5.41, 5.74) is 5.42. The minimum absolute atomic E-state index is 0.327. The molecule has 1 aliphatic rings. The molecule has 0 saturated heterocycles. The Balaban J connectivity index is 2.22. The van der Waals surface area contributed by atoms with Gasteiger partial charge in [-0.3, -0.25) is 0 Å². The third-order valence-corrected chi connectivity index (χ3v) is 3.05. The van der Waals surface area contributed by atoms with E-state index in [0.717, 1.165) is 6.54 Å². The van der Waals surface area contributed by atoms with Crippen LogP contribution in [0.3, 0.4) is 0 Å². The van der Waals surface area contributed by atoms with Gasteiger partial charge in [0, 0.05) is 19.0 Å². The molecule has 0 aromatic rings. The summed E-state index contributed by atoms with van der Waals surface area (Å²) >= 11 is 0. The first kappa shape index (κ1) is 11.3. The largest absolute Gasteiger partial charge is 0.409 e. The van der Waals surface area contributed by atoms with Crippen molar-refractivity contribution >= 4 is 5.84 Å². The quantitative estimate of drug-likeness (QED) is 0.311. The molecule has 0 atom stereocenters. The lowest BCUT2D eigenvalue weighted by Crippen LogP contribution is -2.35. The third-order valence-electron chi connectivity index (χ3n) is 3.05. The van der Waals surface area contributed by atoms with Crippen LogP contribution in [0.4, 0.5) is 0 Å². The highest BCUT2D eigenvalue weighted by Crippen LogP contribution is 2.21. The van der Waals surface area contributed by atoms with Crippen molar-refractivity contribution in [1.29, 1.82) is 0 Å². The van der Waals surface area contributed by atoms with E-state index in [0.29, 0.717) is 18.3 Å². The highest BCUT2D eigenvalue weighted by Gasteiger charge is 2.17. The van der Waals surface area contributed by atoms with Crippen LogP contribution in [-0.4, -0.2) is 35.6 Å². The predicted octanol–water partition coefficient (Wildman–Crippen LogP) is 1.39. The molecule has 3 N–H and O–H groups in total. The minimum Gasteiger partial charge on any atom is -0.409 e. The molecule has 0 radical (unpaired) electrons. The van der Waals surface area contributed by atoms with Crippen LogP contribution in [0.2, 0.25) is 0 Å². The molecule has 0 aromatic heterocycles. The van der Waals surface area contributed by atoms with Gasteiger partial charge in [-0.15, -0.1) is 0 Å². The second kappa shape index (κ2) is 5.86. The van der Waals surface area contributed by atoms with Crippen molar-refractivity contribution in [1.82, 2.24) is 4.90 Å². The predicted molar refractivity (Wildman–Crippen MR) is 57.5 cm³/mol. The molecule has 1 rings (SSSR count). The summed E-state index contributed by atoms with van der Waals surface area (Å²) in [6, 6.07) is 0.704. The molecule has 1 saturated carbocycles. The molecule has 0 unspecified atom stereocenters. The Labute approximate surface area is 85.8 Å². The van der Waals surface area contributed by atoms with E-state index >= 15 is 0 Å². The van der Waals surface area contributed by atoms with E-state index in [1.54, 1.807) is 0 Å². The number of amidine groups is 1. The maximum atomic E-state index is 8.40. The topological polar surface area (TPSA) is 61.8 Å². The fourth-order valence-corrected chi connectivity index (χ4v) is 2.05. The van der Waals surface area contributed by atoms with Crippen molar-refractivity contribution in [2.45, 2.75) is 44.6 Å². The highest BCUT2D eigenvalue weighted by molar-refractivity contribution is 5.79. The van der Waals surface area contributed by atoms with Crippen molar-refractivity contribution in [3.63, 3.8) is 0 Å². The van der Waals surface area contributed by atoms with Gasteiger partial charge in [0.05, 0.1) is 0 Å². The van der Waals surface area contributed by atoms with Crippen LogP contribution >= 0.6 is 0 Å². The van der Waals surface area contributed by atoms with E-state index in [-0.39, 0.29) is 0 Å². The van der Waals surface area contributed by atoms with Crippen LogP contribution in [0.5, 0.6) is 0 Å². The van der Waals surface area contributed by atoms with E-state index in [9.17, 15) is 0 Å². The molecule has 0 aromatic carbocycles. The number of hydrogen-bond acceptors (Lipinski definition) is 3. The van der Waals surface area contributed by atoms with Gasteiger partial charge in [-0.25, -0.2) is 0 Å². The van der Waals surface area contributed by atoms with Gasteiger partial charge in [0.2, 0.25) is 0 Å². The third kappa shape index (κ3) is 3.54. The molecule has 1 fully saturated rings.